The molecule has 2 unspecified atom stereocenters. The Hall–Kier alpha value is -1.02. The van der Waals surface area contributed by atoms with Gasteiger partial charge in [-0.15, -0.1) is 0 Å². The quantitative estimate of drug-likeness (QED) is 0.866. The van der Waals surface area contributed by atoms with Gasteiger partial charge in [-0.3, -0.25) is 0 Å². The molecule has 3 aliphatic carbocycles. The van der Waals surface area contributed by atoms with Crippen LogP contribution in [0.2, 0.25) is 0 Å². The highest BCUT2D eigenvalue weighted by Crippen LogP contribution is 2.61. The third-order valence-corrected chi connectivity index (χ3v) is 5.95. The molecule has 0 heterocycles. The van der Waals surface area contributed by atoms with Gasteiger partial charge in [-0.2, -0.15) is 0 Å². The molecule has 0 bridgehead atoms. The first-order chi connectivity index (χ1) is 9.61. The van der Waals surface area contributed by atoms with E-state index in [0.29, 0.717) is 23.1 Å². The molecule has 0 radical (unpaired) electrons. The summed E-state index contributed by atoms with van der Waals surface area (Å²) in [7, 11) is 0. The lowest BCUT2D eigenvalue weighted by Crippen LogP contribution is -2.28. The Bertz CT molecular complexity index is 543. The highest BCUT2D eigenvalue weighted by molar-refractivity contribution is 5.50. The Morgan fingerprint density at radius 2 is 2.00 bits per heavy atom. The Morgan fingerprint density at radius 3 is 2.65 bits per heavy atom. The molecule has 0 aromatic heterocycles. The summed E-state index contributed by atoms with van der Waals surface area (Å²) >= 11 is 0. The van der Waals surface area contributed by atoms with E-state index in [1.807, 2.05) is 6.07 Å². The largest absolute Gasteiger partial charge is 0.508 e. The molecule has 20 heavy (non-hydrogen) atoms. The van der Waals surface area contributed by atoms with Gasteiger partial charge in [0, 0.05) is 18.2 Å². The summed E-state index contributed by atoms with van der Waals surface area (Å²) in [5.41, 5.74) is 4.53. The average Bonchev–Trinajstić information content (AvgIpc) is 3.30. The molecule has 2 saturated carbocycles. The number of rotatable bonds is 4. The zero-order valence-corrected chi connectivity index (χ0v) is 12.6. The van der Waals surface area contributed by atoms with Crippen LogP contribution in [0, 0.1) is 18.3 Å². The minimum atomic E-state index is 0.358. The van der Waals surface area contributed by atoms with E-state index < -0.39 is 0 Å². The number of nitrogens with one attached hydrogen (secondary N) is 1. The van der Waals surface area contributed by atoms with Crippen molar-refractivity contribution in [3.05, 3.63) is 28.8 Å². The molecule has 0 amide bonds. The molecule has 108 valence electrons. The van der Waals surface area contributed by atoms with E-state index in [4.69, 9.17) is 0 Å². The molecule has 2 heteroatoms. The number of phenolic OH excluding ortho intramolecular Hbond substituents is 1. The van der Waals surface area contributed by atoms with E-state index in [2.05, 4.69) is 25.2 Å². The summed E-state index contributed by atoms with van der Waals surface area (Å²) < 4.78 is 0. The molecule has 0 aliphatic heterocycles. The lowest BCUT2D eigenvalue weighted by atomic mass is 9.97. The fourth-order valence-electron chi connectivity index (χ4n) is 4.44. The van der Waals surface area contributed by atoms with Crippen LogP contribution < -0.4 is 5.32 Å². The first-order valence-corrected chi connectivity index (χ1v) is 8.16. The van der Waals surface area contributed by atoms with Crippen LogP contribution in [0.4, 0.5) is 0 Å². The van der Waals surface area contributed by atoms with Crippen LogP contribution in [0.15, 0.2) is 12.1 Å². The van der Waals surface area contributed by atoms with Gasteiger partial charge in [0.1, 0.15) is 5.75 Å². The third kappa shape index (κ3) is 1.88. The van der Waals surface area contributed by atoms with Crippen LogP contribution in [0.25, 0.3) is 0 Å². The fraction of sp³-hybridized carbons (Fsp3) is 0.667. The number of hydrogen-bond donors (Lipinski definition) is 2. The molecule has 2 N–H and O–H groups in total. The van der Waals surface area contributed by atoms with Crippen molar-refractivity contribution in [1.82, 2.24) is 5.32 Å². The van der Waals surface area contributed by atoms with Gasteiger partial charge in [0.25, 0.3) is 0 Å². The number of fused-ring (bicyclic) bond motifs is 1. The Morgan fingerprint density at radius 1 is 1.25 bits per heavy atom. The molecule has 3 aliphatic rings. The van der Waals surface area contributed by atoms with Crippen molar-refractivity contribution in [1.29, 1.82) is 0 Å². The lowest BCUT2D eigenvalue weighted by Gasteiger charge is -2.21. The van der Waals surface area contributed by atoms with Gasteiger partial charge in [0.2, 0.25) is 0 Å². The maximum absolute atomic E-state index is 10.3. The predicted octanol–water partition coefficient (Wildman–Crippen LogP) is 4.03. The topological polar surface area (TPSA) is 32.3 Å². The molecule has 1 aromatic rings. The molecule has 2 nitrogen and oxygen atoms in total. The predicted molar refractivity (Wildman–Crippen MR) is 81.0 cm³/mol. The lowest BCUT2D eigenvalue weighted by molar-refractivity contribution is 0.363. The Labute approximate surface area is 121 Å². The first kappa shape index (κ1) is 12.7. The second kappa shape index (κ2) is 4.24. The molecule has 2 fully saturated rings. The van der Waals surface area contributed by atoms with Gasteiger partial charge in [-0.25, -0.2) is 0 Å². The maximum Gasteiger partial charge on any atom is 0.120 e. The third-order valence-electron chi connectivity index (χ3n) is 5.95. The summed E-state index contributed by atoms with van der Waals surface area (Å²) in [6, 6.07) is 4.28. The second-order valence-electron chi connectivity index (χ2n) is 7.44. The van der Waals surface area contributed by atoms with Crippen molar-refractivity contribution in [3.63, 3.8) is 0 Å². The number of hydrogen-bond acceptors (Lipinski definition) is 2. The van der Waals surface area contributed by atoms with Crippen LogP contribution in [0.1, 0.15) is 67.7 Å². The van der Waals surface area contributed by atoms with Crippen LogP contribution in [-0.4, -0.2) is 11.7 Å². The van der Waals surface area contributed by atoms with Crippen LogP contribution >= 0.6 is 0 Å². The van der Waals surface area contributed by atoms with E-state index in [1.54, 1.807) is 0 Å². The molecule has 1 aromatic carbocycles. The van der Waals surface area contributed by atoms with Crippen molar-refractivity contribution in [2.24, 2.45) is 11.3 Å². The number of benzene rings is 1. The van der Waals surface area contributed by atoms with E-state index in [-0.39, 0.29) is 0 Å². The average molecular weight is 271 g/mol. The molecule has 4 rings (SSSR count). The number of aryl methyl sites for hydroxylation is 1. The summed E-state index contributed by atoms with van der Waals surface area (Å²) in [6.45, 7) is 5.62. The minimum absolute atomic E-state index is 0.358. The standard InChI is InChI=1S/C18H25NO/c1-11-3-6-15(20)17-14(9-12(2)16(11)17)19-10-18(7-8-18)13-4-5-13/h3,6,12-14,19-20H,4-5,7-10H2,1-2H3. The van der Waals surface area contributed by atoms with Gasteiger partial charge in [-0.05, 0) is 73.5 Å². The van der Waals surface area contributed by atoms with Gasteiger partial charge in [0.05, 0.1) is 0 Å². The minimum Gasteiger partial charge on any atom is -0.508 e. The van der Waals surface area contributed by atoms with Crippen molar-refractivity contribution in [3.8, 4) is 5.75 Å². The van der Waals surface area contributed by atoms with Crippen LogP contribution in [0.3, 0.4) is 0 Å². The van der Waals surface area contributed by atoms with Gasteiger partial charge < -0.3 is 10.4 Å². The zero-order valence-electron chi connectivity index (χ0n) is 12.6. The van der Waals surface area contributed by atoms with Crippen molar-refractivity contribution >= 4 is 0 Å². The highest BCUT2D eigenvalue weighted by atomic mass is 16.3. The van der Waals surface area contributed by atoms with Crippen LogP contribution in [-0.2, 0) is 0 Å². The summed E-state index contributed by atoms with van der Waals surface area (Å²) in [6.07, 6.45) is 6.86. The molecule has 2 atom stereocenters. The van der Waals surface area contributed by atoms with E-state index >= 15 is 0 Å². The number of aromatic hydroxyl groups is 1. The Balaban J connectivity index is 1.55. The Kier molecular flexibility index (Phi) is 2.69. The SMILES string of the molecule is Cc1ccc(O)c2c1C(C)CC2NCC1(C2CC2)CC1. The smallest absolute Gasteiger partial charge is 0.120 e. The van der Waals surface area contributed by atoms with Crippen molar-refractivity contribution in [2.45, 2.75) is 57.9 Å². The van der Waals surface area contributed by atoms with Crippen LogP contribution in [0.5, 0.6) is 5.75 Å². The normalized spacial score (nSPS) is 30.3. The molecular formula is C18H25NO. The van der Waals surface area contributed by atoms with E-state index in [1.165, 1.54) is 42.4 Å². The fourth-order valence-corrected chi connectivity index (χ4v) is 4.44. The zero-order chi connectivity index (χ0) is 13.9. The van der Waals surface area contributed by atoms with E-state index in [9.17, 15) is 5.11 Å². The van der Waals surface area contributed by atoms with Gasteiger partial charge in [0.15, 0.2) is 0 Å². The first-order valence-electron chi connectivity index (χ1n) is 8.16. The summed E-state index contributed by atoms with van der Waals surface area (Å²) in [4.78, 5) is 0. The molecule has 0 saturated heterocycles. The monoisotopic (exact) mass is 271 g/mol. The highest BCUT2D eigenvalue weighted by Gasteiger charge is 2.53. The van der Waals surface area contributed by atoms with Crippen molar-refractivity contribution in [2.75, 3.05) is 6.54 Å². The van der Waals surface area contributed by atoms with Gasteiger partial charge in [-0.1, -0.05) is 13.0 Å². The second-order valence-corrected chi connectivity index (χ2v) is 7.44. The molecule has 0 spiro atoms. The van der Waals surface area contributed by atoms with Crippen molar-refractivity contribution < 1.29 is 5.11 Å². The summed E-state index contributed by atoms with van der Waals surface area (Å²) in [5, 5.41) is 14.1. The maximum atomic E-state index is 10.3. The summed E-state index contributed by atoms with van der Waals surface area (Å²) in [5.74, 6) is 2.05. The van der Waals surface area contributed by atoms with Gasteiger partial charge >= 0.3 is 0 Å². The molecular weight excluding hydrogens is 246 g/mol. The van der Waals surface area contributed by atoms with E-state index in [0.717, 1.165) is 18.9 Å². The number of phenols is 1.